The van der Waals surface area contributed by atoms with Crippen molar-refractivity contribution in [2.24, 2.45) is 0 Å². The standard InChI is InChI=1S/C19H18ClN3O4/c1-19(12-7-9-13(20)10-8-12)17(25)23(18(26)22-19)11-16(24)21-14-5-3-4-6-15(14)27-2/h3-10H,11H2,1-2H3,(H,21,24)(H,22,26). The number of carbonyl (C=O) groups is 3. The molecule has 140 valence electrons. The molecule has 1 unspecified atom stereocenters. The molecule has 2 N–H and O–H groups in total. The lowest BCUT2D eigenvalue weighted by Gasteiger charge is -2.22. The van der Waals surface area contributed by atoms with Crippen molar-refractivity contribution < 1.29 is 19.1 Å². The summed E-state index contributed by atoms with van der Waals surface area (Å²) in [6, 6.07) is 12.8. The molecule has 0 spiro atoms. The largest absolute Gasteiger partial charge is 0.495 e. The molecular weight excluding hydrogens is 370 g/mol. The van der Waals surface area contributed by atoms with Gasteiger partial charge < -0.3 is 15.4 Å². The first-order valence-electron chi connectivity index (χ1n) is 8.18. The van der Waals surface area contributed by atoms with Crippen molar-refractivity contribution in [3.05, 3.63) is 59.1 Å². The van der Waals surface area contributed by atoms with Gasteiger partial charge in [0.2, 0.25) is 5.91 Å². The summed E-state index contributed by atoms with van der Waals surface area (Å²) >= 11 is 5.88. The summed E-state index contributed by atoms with van der Waals surface area (Å²) in [5.41, 5.74) is -0.220. The van der Waals surface area contributed by atoms with Crippen LogP contribution in [-0.4, -0.2) is 36.4 Å². The van der Waals surface area contributed by atoms with E-state index >= 15 is 0 Å². The predicted octanol–water partition coefficient (Wildman–Crippen LogP) is 2.75. The zero-order chi connectivity index (χ0) is 19.6. The number of imide groups is 1. The summed E-state index contributed by atoms with van der Waals surface area (Å²) in [6.45, 7) is 1.18. The van der Waals surface area contributed by atoms with Crippen LogP contribution in [0.4, 0.5) is 10.5 Å². The molecule has 0 saturated carbocycles. The van der Waals surface area contributed by atoms with Crippen LogP contribution in [0.5, 0.6) is 5.75 Å². The molecule has 8 heteroatoms. The summed E-state index contributed by atoms with van der Waals surface area (Å²) in [5.74, 6) is -0.539. The Labute approximate surface area is 161 Å². The van der Waals surface area contributed by atoms with Gasteiger partial charge in [-0.15, -0.1) is 0 Å². The summed E-state index contributed by atoms with van der Waals surface area (Å²) < 4.78 is 5.17. The molecule has 0 aromatic heterocycles. The third-order valence-corrected chi connectivity index (χ3v) is 4.63. The molecule has 2 aromatic carbocycles. The van der Waals surface area contributed by atoms with Gasteiger partial charge in [-0.05, 0) is 36.8 Å². The molecule has 1 fully saturated rings. The summed E-state index contributed by atoms with van der Waals surface area (Å²) in [6.07, 6.45) is 0. The van der Waals surface area contributed by atoms with Crippen LogP contribution in [-0.2, 0) is 15.1 Å². The Bertz CT molecular complexity index is 900. The Morgan fingerprint density at radius 2 is 1.85 bits per heavy atom. The number of hydrogen-bond donors (Lipinski definition) is 2. The highest BCUT2D eigenvalue weighted by atomic mass is 35.5. The van der Waals surface area contributed by atoms with Crippen molar-refractivity contribution in [1.29, 1.82) is 0 Å². The van der Waals surface area contributed by atoms with Crippen molar-refractivity contribution in [2.45, 2.75) is 12.5 Å². The fraction of sp³-hybridized carbons (Fsp3) is 0.211. The lowest BCUT2D eigenvalue weighted by molar-refractivity contribution is -0.133. The molecule has 0 bridgehead atoms. The van der Waals surface area contributed by atoms with E-state index in [0.717, 1.165) is 4.90 Å². The Hall–Kier alpha value is -3.06. The van der Waals surface area contributed by atoms with Crippen LogP contribution in [0.25, 0.3) is 0 Å². The highest BCUT2D eigenvalue weighted by molar-refractivity contribution is 6.30. The number of anilines is 1. The van der Waals surface area contributed by atoms with E-state index in [1.807, 2.05) is 0 Å². The number of methoxy groups -OCH3 is 1. The number of halogens is 1. The zero-order valence-corrected chi connectivity index (χ0v) is 15.5. The lowest BCUT2D eigenvalue weighted by Crippen LogP contribution is -2.42. The average molecular weight is 388 g/mol. The van der Waals surface area contributed by atoms with E-state index in [0.29, 0.717) is 22.0 Å². The second-order valence-electron chi connectivity index (χ2n) is 6.20. The Morgan fingerprint density at radius 1 is 1.19 bits per heavy atom. The molecule has 0 radical (unpaired) electrons. The molecule has 1 saturated heterocycles. The van der Waals surface area contributed by atoms with Crippen LogP contribution in [0.15, 0.2) is 48.5 Å². The number of rotatable bonds is 5. The van der Waals surface area contributed by atoms with Crippen molar-refractivity contribution in [3.63, 3.8) is 0 Å². The van der Waals surface area contributed by atoms with Crippen molar-refractivity contribution >= 4 is 35.1 Å². The van der Waals surface area contributed by atoms with E-state index < -0.39 is 29.9 Å². The number of urea groups is 1. The van der Waals surface area contributed by atoms with E-state index in [9.17, 15) is 14.4 Å². The predicted molar refractivity (Wildman–Crippen MR) is 101 cm³/mol. The third-order valence-electron chi connectivity index (χ3n) is 4.38. The van der Waals surface area contributed by atoms with E-state index in [4.69, 9.17) is 16.3 Å². The number of benzene rings is 2. The topological polar surface area (TPSA) is 87.7 Å². The number of amides is 4. The SMILES string of the molecule is COc1ccccc1NC(=O)CN1C(=O)NC(C)(c2ccc(Cl)cc2)C1=O. The number of ether oxygens (including phenoxy) is 1. The van der Waals surface area contributed by atoms with Gasteiger partial charge >= 0.3 is 6.03 Å². The minimum absolute atomic E-state index is 0.411. The maximum absolute atomic E-state index is 12.8. The second kappa shape index (κ2) is 7.28. The Balaban J connectivity index is 1.75. The van der Waals surface area contributed by atoms with E-state index in [2.05, 4.69) is 10.6 Å². The summed E-state index contributed by atoms with van der Waals surface area (Å²) in [4.78, 5) is 38.4. The smallest absolute Gasteiger partial charge is 0.325 e. The minimum Gasteiger partial charge on any atom is -0.495 e. The second-order valence-corrected chi connectivity index (χ2v) is 6.64. The average Bonchev–Trinajstić information content (AvgIpc) is 2.86. The van der Waals surface area contributed by atoms with Gasteiger partial charge in [-0.3, -0.25) is 14.5 Å². The zero-order valence-electron chi connectivity index (χ0n) is 14.8. The van der Waals surface area contributed by atoms with Gasteiger partial charge in [0.15, 0.2) is 0 Å². The fourth-order valence-electron chi connectivity index (χ4n) is 2.90. The molecule has 1 aliphatic rings. The highest BCUT2D eigenvalue weighted by Gasteiger charge is 2.49. The first-order chi connectivity index (χ1) is 12.8. The van der Waals surface area contributed by atoms with E-state index in [1.165, 1.54) is 7.11 Å². The molecule has 3 rings (SSSR count). The molecule has 7 nitrogen and oxygen atoms in total. The fourth-order valence-corrected chi connectivity index (χ4v) is 3.03. The molecule has 2 aromatic rings. The summed E-state index contributed by atoms with van der Waals surface area (Å²) in [7, 11) is 1.49. The van der Waals surface area contributed by atoms with Crippen molar-refractivity contribution in [1.82, 2.24) is 10.2 Å². The van der Waals surface area contributed by atoms with E-state index in [-0.39, 0.29) is 0 Å². The first-order valence-corrected chi connectivity index (χ1v) is 8.56. The van der Waals surface area contributed by atoms with Gasteiger partial charge in [0, 0.05) is 5.02 Å². The normalized spacial score (nSPS) is 19.0. The van der Waals surface area contributed by atoms with E-state index in [1.54, 1.807) is 55.5 Å². The summed E-state index contributed by atoms with van der Waals surface area (Å²) in [5, 5.41) is 5.82. The highest BCUT2D eigenvalue weighted by Crippen LogP contribution is 2.30. The number of hydrogen-bond acceptors (Lipinski definition) is 4. The van der Waals surface area contributed by atoms with Crippen LogP contribution in [0.1, 0.15) is 12.5 Å². The number of carbonyl (C=O) groups excluding carboxylic acids is 3. The van der Waals surface area contributed by atoms with Crippen LogP contribution < -0.4 is 15.4 Å². The van der Waals surface area contributed by atoms with Gasteiger partial charge in [0.05, 0.1) is 12.8 Å². The number of para-hydroxylation sites is 2. The molecule has 1 heterocycles. The molecule has 4 amide bonds. The minimum atomic E-state index is -1.26. The number of nitrogens with zero attached hydrogens (tertiary/aromatic N) is 1. The van der Waals surface area contributed by atoms with Crippen LogP contribution in [0.2, 0.25) is 5.02 Å². The monoisotopic (exact) mass is 387 g/mol. The third kappa shape index (κ3) is 3.59. The molecule has 0 aliphatic carbocycles. The maximum Gasteiger partial charge on any atom is 0.325 e. The first kappa shape index (κ1) is 18.7. The maximum atomic E-state index is 12.8. The lowest BCUT2D eigenvalue weighted by atomic mass is 9.92. The molecule has 1 aliphatic heterocycles. The molecule has 27 heavy (non-hydrogen) atoms. The quantitative estimate of drug-likeness (QED) is 0.772. The molecule has 1 atom stereocenters. The van der Waals surface area contributed by atoms with Gasteiger partial charge in [0.25, 0.3) is 5.91 Å². The van der Waals surface area contributed by atoms with Gasteiger partial charge in [-0.2, -0.15) is 0 Å². The molecular formula is C19H18ClN3O4. The van der Waals surface area contributed by atoms with Crippen LogP contribution >= 0.6 is 11.6 Å². The van der Waals surface area contributed by atoms with Gasteiger partial charge in [-0.25, -0.2) is 4.79 Å². The van der Waals surface area contributed by atoms with Gasteiger partial charge in [0.1, 0.15) is 17.8 Å². The van der Waals surface area contributed by atoms with Gasteiger partial charge in [-0.1, -0.05) is 35.9 Å². The Morgan fingerprint density at radius 3 is 2.52 bits per heavy atom. The van der Waals surface area contributed by atoms with Crippen molar-refractivity contribution in [3.8, 4) is 5.75 Å². The van der Waals surface area contributed by atoms with Crippen LogP contribution in [0, 0.1) is 0 Å². The number of nitrogens with one attached hydrogen (secondary N) is 2. The van der Waals surface area contributed by atoms with Crippen LogP contribution in [0.3, 0.4) is 0 Å². The van der Waals surface area contributed by atoms with Crippen molar-refractivity contribution in [2.75, 3.05) is 19.0 Å². The Kier molecular flexibility index (Phi) is 5.05.